The summed E-state index contributed by atoms with van der Waals surface area (Å²) in [5, 5.41) is 11.9. The van der Waals surface area contributed by atoms with Gasteiger partial charge in [0.25, 0.3) is 0 Å². The summed E-state index contributed by atoms with van der Waals surface area (Å²) in [5.41, 5.74) is 0. The monoisotopic (exact) mass is 299 g/mol. The van der Waals surface area contributed by atoms with Crippen LogP contribution >= 0.6 is 0 Å². The predicted octanol–water partition coefficient (Wildman–Crippen LogP) is 4.57. The molecule has 0 bridgehead atoms. The zero-order chi connectivity index (χ0) is 15.8. The summed E-state index contributed by atoms with van der Waals surface area (Å²) in [6.45, 7) is 4.66. The van der Waals surface area contributed by atoms with Gasteiger partial charge in [0.05, 0.1) is 12.5 Å². The Kier molecular flexibility index (Phi) is 15.4. The van der Waals surface area contributed by atoms with E-state index in [0.29, 0.717) is 0 Å². The summed E-state index contributed by atoms with van der Waals surface area (Å²) in [6.07, 6.45) is 15.7. The highest BCUT2D eigenvalue weighted by molar-refractivity contribution is 5.76. The van der Waals surface area contributed by atoms with E-state index in [-0.39, 0.29) is 12.3 Å². The van der Waals surface area contributed by atoms with Gasteiger partial charge in [-0.15, -0.1) is 0 Å². The lowest BCUT2D eigenvalue weighted by atomic mass is 10.1. The number of amides is 1. The van der Waals surface area contributed by atoms with E-state index in [2.05, 4.69) is 12.2 Å². The predicted molar refractivity (Wildman–Crippen MR) is 90.4 cm³/mol. The second-order valence-electron chi connectivity index (χ2n) is 6.29. The molecule has 3 nitrogen and oxygen atoms in total. The molecule has 0 aliphatic heterocycles. The molecular formula is C18H37NO2. The highest BCUT2D eigenvalue weighted by atomic mass is 16.3. The van der Waals surface area contributed by atoms with Crippen LogP contribution in [0.2, 0.25) is 0 Å². The quantitative estimate of drug-likeness (QED) is 0.435. The van der Waals surface area contributed by atoms with Crippen molar-refractivity contribution in [2.45, 2.75) is 103 Å². The second kappa shape index (κ2) is 15.8. The van der Waals surface area contributed by atoms with Gasteiger partial charge in [0.15, 0.2) is 0 Å². The molecule has 3 heteroatoms. The number of nitrogens with one attached hydrogen (secondary N) is 1. The molecule has 126 valence electrons. The Morgan fingerprint density at radius 2 is 1.29 bits per heavy atom. The van der Waals surface area contributed by atoms with E-state index >= 15 is 0 Å². The van der Waals surface area contributed by atoms with Crippen molar-refractivity contribution in [3.63, 3.8) is 0 Å². The molecule has 0 aliphatic rings. The number of carbonyl (C=O) groups is 1. The third kappa shape index (κ3) is 17.4. The van der Waals surface area contributed by atoms with Crippen LogP contribution in [0.1, 0.15) is 97.3 Å². The van der Waals surface area contributed by atoms with Crippen LogP contribution in [0.3, 0.4) is 0 Å². The Labute approximate surface area is 131 Å². The Morgan fingerprint density at radius 3 is 1.71 bits per heavy atom. The van der Waals surface area contributed by atoms with Crippen LogP contribution in [0.4, 0.5) is 0 Å². The molecular weight excluding hydrogens is 262 g/mol. The summed E-state index contributed by atoms with van der Waals surface area (Å²) in [6, 6.07) is 0. The average Bonchev–Trinajstić information content (AvgIpc) is 2.43. The van der Waals surface area contributed by atoms with Gasteiger partial charge in [0.1, 0.15) is 0 Å². The summed E-state index contributed by atoms with van der Waals surface area (Å²) in [5.74, 6) is -0.0342. The topological polar surface area (TPSA) is 49.3 Å². The maximum atomic E-state index is 11.3. The van der Waals surface area contributed by atoms with E-state index in [1.54, 1.807) is 6.92 Å². The zero-order valence-electron chi connectivity index (χ0n) is 14.3. The first-order valence-corrected chi connectivity index (χ1v) is 9.11. The maximum absolute atomic E-state index is 11.3. The van der Waals surface area contributed by atoms with E-state index in [1.807, 2.05) is 0 Å². The molecule has 0 saturated carbocycles. The summed E-state index contributed by atoms with van der Waals surface area (Å²) >= 11 is 0. The van der Waals surface area contributed by atoms with Gasteiger partial charge in [-0.2, -0.15) is 0 Å². The standard InChI is InChI=1S/C18H37NO2/c1-3-4-5-6-7-8-9-10-11-12-13-14-15-19-18(21)16-17(2)20/h17,20H,3-16H2,1-2H3,(H,19,21). The van der Waals surface area contributed by atoms with Crippen LogP contribution < -0.4 is 5.32 Å². The Morgan fingerprint density at radius 1 is 0.857 bits per heavy atom. The maximum Gasteiger partial charge on any atom is 0.222 e. The van der Waals surface area contributed by atoms with Crippen molar-refractivity contribution < 1.29 is 9.90 Å². The lowest BCUT2D eigenvalue weighted by molar-refractivity contribution is -0.122. The minimum absolute atomic E-state index is 0.0342. The van der Waals surface area contributed by atoms with E-state index in [4.69, 9.17) is 5.11 Å². The van der Waals surface area contributed by atoms with Gasteiger partial charge in [-0.1, -0.05) is 77.6 Å². The number of unbranched alkanes of at least 4 members (excludes halogenated alkanes) is 11. The molecule has 2 N–H and O–H groups in total. The molecule has 0 aromatic heterocycles. The van der Waals surface area contributed by atoms with E-state index in [9.17, 15) is 4.79 Å². The van der Waals surface area contributed by atoms with E-state index < -0.39 is 6.10 Å². The van der Waals surface area contributed by atoms with Gasteiger partial charge >= 0.3 is 0 Å². The van der Waals surface area contributed by atoms with Crippen LogP contribution in [-0.4, -0.2) is 23.7 Å². The lowest BCUT2D eigenvalue weighted by Gasteiger charge is -2.06. The number of carbonyl (C=O) groups excluding carboxylic acids is 1. The van der Waals surface area contributed by atoms with Crippen molar-refractivity contribution in [3.05, 3.63) is 0 Å². The van der Waals surface area contributed by atoms with Gasteiger partial charge in [0, 0.05) is 6.54 Å². The largest absolute Gasteiger partial charge is 0.393 e. The number of rotatable bonds is 15. The fourth-order valence-electron chi connectivity index (χ4n) is 2.53. The Hall–Kier alpha value is -0.570. The van der Waals surface area contributed by atoms with Gasteiger partial charge in [-0.25, -0.2) is 0 Å². The van der Waals surface area contributed by atoms with Crippen molar-refractivity contribution in [2.75, 3.05) is 6.54 Å². The van der Waals surface area contributed by atoms with Crippen molar-refractivity contribution in [2.24, 2.45) is 0 Å². The molecule has 21 heavy (non-hydrogen) atoms. The molecule has 0 heterocycles. The third-order valence-electron chi connectivity index (χ3n) is 3.83. The SMILES string of the molecule is CCCCCCCCCCCCCCNC(=O)CC(C)O. The van der Waals surface area contributed by atoms with Crippen LogP contribution in [0.15, 0.2) is 0 Å². The number of aliphatic hydroxyl groups excluding tert-OH is 1. The smallest absolute Gasteiger partial charge is 0.222 e. The highest BCUT2D eigenvalue weighted by Crippen LogP contribution is 2.11. The number of hydrogen-bond donors (Lipinski definition) is 2. The molecule has 1 unspecified atom stereocenters. The minimum atomic E-state index is -0.535. The van der Waals surface area contributed by atoms with Gasteiger partial charge < -0.3 is 10.4 Å². The normalized spacial score (nSPS) is 12.3. The zero-order valence-corrected chi connectivity index (χ0v) is 14.3. The van der Waals surface area contributed by atoms with E-state index in [1.165, 1.54) is 70.6 Å². The summed E-state index contributed by atoms with van der Waals surface area (Å²) in [7, 11) is 0. The minimum Gasteiger partial charge on any atom is -0.393 e. The molecule has 0 fully saturated rings. The molecule has 0 radical (unpaired) electrons. The van der Waals surface area contributed by atoms with Crippen LogP contribution in [-0.2, 0) is 4.79 Å². The molecule has 0 saturated heterocycles. The van der Waals surface area contributed by atoms with E-state index in [0.717, 1.165) is 13.0 Å². The second-order valence-corrected chi connectivity index (χ2v) is 6.29. The highest BCUT2D eigenvalue weighted by Gasteiger charge is 2.04. The van der Waals surface area contributed by atoms with Gasteiger partial charge in [0.2, 0.25) is 5.91 Å². The molecule has 1 atom stereocenters. The van der Waals surface area contributed by atoms with Crippen molar-refractivity contribution in [3.8, 4) is 0 Å². The van der Waals surface area contributed by atoms with Crippen LogP contribution in [0, 0.1) is 0 Å². The van der Waals surface area contributed by atoms with Crippen molar-refractivity contribution >= 4 is 5.91 Å². The first-order valence-electron chi connectivity index (χ1n) is 9.11. The third-order valence-corrected chi connectivity index (χ3v) is 3.83. The Balaban J connectivity index is 3.07. The van der Waals surface area contributed by atoms with Crippen LogP contribution in [0.25, 0.3) is 0 Å². The van der Waals surface area contributed by atoms with Crippen LogP contribution in [0.5, 0.6) is 0 Å². The molecule has 1 amide bonds. The molecule has 0 aromatic carbocycles. The first kappa shape index (κ1) is 20.4. The molecule has 0 spiro atoms. The first-order chi connectivity index (χ1) is 10.2. The van der Waals surface area contributed by atoms with Gasteiger partial charge in [-0.3, -0.25) is 4.79 Å². The number of aliphatic hydroxyl groups is 1. The van der Waals surface area contributed by atoms with Gasteiger partial charge in [-0.05, 0) is 13.3 Å². The number of hydrogen-bond acceptors (Lipinski definition) is 2. The van der Waals surface area contributed by atoms with Crippen molar-refractivity contribution in [1.82, 2.24) is 5.32 Å². The Bertz CT molecular complexity index is 229. The molecule has 0 aliphatic carbocycles. The lowest BCUT2D eigenvalue weighted by Crippen LogP contribution is -2.27. The molecule has 0 aromatic rings. The summed E-state index contributed by atoms with van der Waals surface area (Å²) in [4.78, 5) is 11.3. The fraction of sp³-hybridized carbons (Fsp3) is 0.944. The summed E-state index contributed by atoms with van der Waals surface area (Å²) < 4.78 is 0. The fourth-order valence-corrected chi connectivity index (χ4v) is 2.53. The molecule has 0 rings (SSSR count). The average molecular weight is 299 g/mol. The van der Waals surface area contributed by atoms with Crippen molar-refractivity contribution in [1.29, 1.82) is 0 Å².